The number of piperidine rings is 4. The Morgan fingerprint density at radius 3 is 1.04 bits per heavy atom. The van der Waals surface area contributed by atoms with Gasteiger partial charge in [-0.3, -0.25) is 48.5 Å². The highest BCUT2D eigenvalue weighted by atomic mass is 16.4. The van der Waals surface area contributed by atoms with Crippen molar-refractivity contribution >= 4 is 29.8 Å². The Morgan fingerprint density at radius 1 is 0.304 bits per heavy atom. The van der Waals surface area contributed by atoms with Crippen LogP contribution >= 0.6 is 0 Å². The summed E-state index contributed by atoms with van der Waals surface area (Å²) in [5.41, 5.74) is 7.80. The van der Waals surface area contributed by atoms with E-state index in [4.69, 9.17) is 0 Å². The van der Waals surface area contributed by atoms with Crippen LogP contribution in [0.5, 0.6) is 0 Å². The third kappa shape index (κ3) is 29.7. The van der Waals surface area contributed by atoms with Crippen LogP contribution < -0.4 is 0 Å². The Labute approximate surface area is 671 Å². The van der Waals surface area contributed by atoms with Gasteiger partial charge in [-0.15, -0.1) is 0 Å². The highest BCUT2D eigenvalue weighted by molar-refractivity contribution is 5.72. The molecule has 6 aromatic carbocycles. The molecule has 6 aliphatic rings. The minimum absolute atomic E-state index is 0.200. The topological polar surface area (TPSA) is 226 Å². The normalized spacial score (nSPS) is 24.6. The largest absolute Gasteiger partial charge is 0.513 e. The number of carbonyl (C=O) groups is 5. The van der Waals surface area contributed by atoms with Crippen LogP contribution in [0.2, 0.25) is 0 Å². The van der Waals surface area contributed by atoms with Crippen LogP contribution in [0.3, 0.4) is 0 Å². The fraction of sp³-hybridized carbons (Fsp3) is 0.547. The van der Waals surface area contributed by atoms with Crippen LogP contribution in [0.15, 0.2) is 194 Å². The van der Waals surface area contributed by atoms with Gasteiger partial charge in [-0.1, -0.05) is 189 Å². The van der Waals surface area contributed by atoms with Crippen molar-refractivity contribution in [3.63, 3.8) is 0 Å². The monoisotopic (exact) mass is 1540 g/mol. The highest BCUT2D eigenvalue weighted by Crippen LogP contribution is 2.35. The lowest BCUT2D eigenvalue weighted by molar-refractivity contribution is -0.147. The summed E-state index contributed by atoms with van der Waals surface area (Å²) in [6.45, 7) is 37.0. The molecule has 17 nitrogen and oxygen atoms in total. The van der Waals surface area contributed by atoms with Crippen molar-refractivity contribution in [1.82, 2.24) is 29.4 Å². The number of hydrogen-bond acceptors (Lipinski definition) is 12. The third-order valence-corrected chi connectivity index (χ3v) is 24.1. The minimum atomic E-state index is -0.656. The van der Waals surface area contributed by atoms with Crippen LogP contribution in [0.25, 0.3) is 0 Å². The molecule has 0 saturated carbocycles. The first-order valence-electron chi connectivity index (χ1n) is 41.7. The molecule has 6 heterocycles. The average Bonchev–Trinajstić information content (AvgIpc) is 1.52. The number of hydrogen-bond donors (Lipinski definition) is 6. The van der Waals surface area contributed by atoms with Gasteiger partial charge in [0.15, 0.2) is 0 Å². The van der Waals surface area contributed by atoms with Gasteiger partial charge in [0.05, 0.1) is 35.3 Å². The molecule has 0 amide bonds. The number of aliphatic carboxylic acids is 5. The molecule has 12 atom stereocenters. The summed E-state index contributed by atoms with van der Waals surface area (Å²) in [4.78, 5) is 70.5. The molecule has 6 aliphatic heterocycles. The number of likely N-dealkylation sites (tertiary alicyclic amines) is 6. The molecule has 12 unspecified atom stereocenters. The number of carboxylic acid groups (broad SMARTS) is 5. The van der Waals surface area contributed by atoms with Gasteiger partial charge >= 0.3 is 29.8 Å². The van der Waals surface area contributed by atoms with Gasteiger partial charge in [-0.05, 0) is 231 Å². The fourth-order valence-electron chi connectivity index (χ4n) is 17.6. The van der Waals surface area contributed by atoms with Gasteiger partial charge in [-0.25, -0.2) is 0 Å². The molecular formula is C95H136N6O11. The van der Waals surface area contributed by atoms with Gasteiger partial charge in [-0.2, -0.15) is 0 Å². The maximum atomic E-state index is 11.5. The lowest BCUT2D eigenvalue weighted by Crippen LogP contribution is -2.49. The number of nitrogens with zero attached hydrogens (tertiary/aromatic N) is 6. The fourth-order valence-corrected chi connectivity index (χ4v) is 17.6. The summed E-state index contributed by atoms with van der Waals surface area (Å²) < 4.78 is 0. The van der Waals surface area contributed by atoms with Crippen molar-refractivity contribution in [3.8, 4) is 0 Å². The molecule has 6 aromatic rings. The standard InChI is InChI=1S/C17H25NO.3C16H23NO2.2C15H21NO2/c1-13(2)18-10-9-16(14(3)19)12-17(18)11-15-7-5-4-6-8-15;1-12(2)17-10-14(9-15(11-17)16(18)19)8-13-6-4-3-5-7-13;1-12(2)17-11-14(16(18)19)8-9-15(17)10-13-6-4-3-5-7-13;1-12(2)17-9-8-14(15(11-17)16(18)19)10-13-6-4-3-5-7-13;1-11(2)16-10-13(15(17)18)9-14(16)8-12-6-4-3-5-7-12;1-11(2)16-9-13(14(10-16)15(17)18)8-12-6-4-3-5-7-12/h4-8,13,16-17,19H,3,9-12H2,1-2H3;3*3-7,12,14-15H,8-11H2,1-2H3,(H,18,19);2*3-7,11,13-14H,8-10H2,1-2H3,(H,17,18). The minimum Gasteiger partial charge on any atom is -0.513 e. The van der Waals surface area contributed by atoms with Crippen molar-refractivity contribution in [2.45, 2.75) is 221 Å². The van der Waals surface area contributed by atoms with E-state index in [0.717, 1.165) is 110 Å². The maximum absolute atomic E-state index is 11.5. The van der Waals surface area contributed by atoms with Gasteiger partial charge in [0.1, 0.15) is 0 Å². The average molecular weight is 1540 g/mol. The molecule has 6 saturated heterocycles. The Hall–Kier alpha value is -8.03. The van der Waals surface area contributed by atoms with Crippen molar-refractivity contribution in [2.24, 2.45) is 53.3 Å². The second kappa shape index (κ2) is 46.4. The van der Waals surface area contributed by atoms with Crippen LogP contribution in [-0.2, 0) is 62.5 Å². The van der Waals surface area contributed by atoms with Crippen LogP contribution in [-0.4, -0.2) is 203 Å². The molecule has 0 bridgehead atoms. The second-order valence-corrected chi connectivity index (χ2v) is 34.1. The Bertz CT molecular complexity index is 3720. The molecule has 112 heavy (non-hydrogen) atoms. The molecule has 17 heteroatoms. The summed E-state index contributed by atoms with van der Waals surface area (Å²) in [6.07, 6.45) is 12.1. The zero-order chi connectivity index (χ0) is 81.6. The highest BCUT2D eigenvalue weighted by Gasteiger charge is 2.41. The van der Waals surface area contributed by atoms with Crippen LogP contribution in [0, 0.1) is 53.3 Å². The molecule has 6 fully saturated rings. The van der Waals surface area contributed by atoms with E-state index in [1.54, 1.807) is 0 Å². The zero-order valence-corrected chi connectivity index (χ0v) is 69.4. The predicted octanol–water partition coefficient (Wildman–Crippen LogP) is 16.6. The summed E-state index contributed by atoms with van der Waals surface area (Å²) in [5, 5.41) is 56.1. The Morgan fingerprint density at radius 2 is 0.643 bits per heavy atom. The van der Waals surface area contributed by atoms with E-state index in [2.05, 4.69) is 222 Å². The second-order valence-electron chi connectivity index (χ2n) is 34.1. The van der Waals surface area contributed by atoms with Crippen LogP contribution in [0.1, 0.15) is 161 Å². The van der Waals surface area contributed by atoms with E-state index in [0.29, 0.717) is 98.8 Å². The molecule has 612 valence electrons. The number of aliphatic hydroxyl groups is 1. The molecule has 0 aromatic heterocycles. The van der Waals surface area contributed by atoms with E-state index in [-0.39, 0.29) is 47.3 Å². The Balaban J connectivity index is 0.000000187. The van der Waals surface area contributed by atoms with E-state index in [1.165, 1.54) is 33.4 Å². The van der Waals surface area contributed by atoms with Crippen molar-refractivity contribution in [3.05, 3.63) is 228 Å². The SMILES string of the molecule is C=C(O)C1CCN(C(C)C)C(Cc2ccccc2)C1.CC(C)N1CC(C(=O)O)CC1Cc1ccccc1.CC(C)N1CC(C(=O)O)CCC1Cc1ccccc1.CC(C)N1CC(Cc2ccccc2)C(C(=O)O)C1.CC(C)N1CC(Cc2ccccc2)CC(C(=O)O)C1.CC(C)N1CCC(Cc2ccccc2)C(C(=O)O)C1. The molecular weight excluding hydrogens is 1400 g/mol. The van der Waals surface area contributed by atoms with Gasteiger partial charge < -0.3 is 35.5 Å². The lowest BCUT2D eigenvalue weighted by Gasteiger charge is -2.42. The number of benzene rings is 6. The van der Waals surface area contributed by atoms with E-state index >= 15 is 0 Å². The molecule has 0 radical (unpaired) electrons. The summed E-state index contributed by atoms with van der Waals surface area (Å²) >= 11 is 0. The molecule has 0 aliphatic carbocycles. The van der Waals surface area contributed by atoms with Crippen LogP contribution in [0.4, 0.5) is 0 Å². The third-order valence-electron chi connectivity index (χ3n) is 24.1. The smallest absolute Gasteiger partial charge is 0.308 e. The summed E-state index contributed by atoms with van der Waals surface area (Å²) in [6, 6.07) is 66.2. The lowest BCUT2D eigenvalue weighted by atomic mass is 9.81. The number of allylic oxidation sites excluding steroid dienone is 1. The van der Waals surface area contributed by atoms with Gasteiger partial charge in [0, 0.05) is 106 Å². The summed E-state index contributed by atoms with van der Waals surface area (Å²) in [5.74, 6) is -2.79. The number of carboxylic acids is 5. The summed E-state index contributed by atoms with van der Waals surface area (Å²) in [7, 11) is 0. The number of aliphatic hydroxyl groups excluding tert-OH is 1. The van der Waals surface area contributed by atoms with Crippen molar-refractivity contribution in [2.75, 3.05) is 58.9 Å². The first-order chi connectivity index (χ1) is 53.4. The molecule has 0 spiro atoms. The predicted molar refractivity (Wildman–Crippen MR) is 452 cm³/mol. The van der Waals surface area contributed by atoms with E-state index in [1.807, 2.05) is 78.9 Å². The van der Waals surface area contributed by atoms with Gasteiger partial charge in [0.2, 0.25) is 0 Å². The zero-order valence-electron chi connectivity index (χ0n) is 69.4. The molecule has 12 rings (SSSR count). The number of rotatable bonds is 24. The first-order valence-corrected chi connectivity index (χ1v) is 41.7. The Kier molecular flexibility index (Phi) is 37.7. The molecule has 6 N–H and O–H groups in total. The maximum Gasteiger partial charge on any atom is 0.308 e. The van der Waals surface area contributed by atoms with E-state index in [9.17, 15) is 54.6 Å². The van der Waals surface area contributed by atoms with Gasteiger partial charge in [0.25, 0.3) is 0 Å². The van der Waals surface area contributed by atoms with Crippen molar-refractivity contribution in [1.29, 1.82) is 0 Å². The quantitative estimate of drug-likeness (QED) is 0.0310. The van der Waals surface area contributed by atoms with Crippen molar-refractivity contribution < 1.29 is 54.6 Å². The first kappa shape index (κ1) is 91.2. The van der Waals surface area contributed by atoms with E-state index < -0.39 is 29.8 Å².